The molecule has 0 heterocycles. The Balaban J connectivity index is 2.06. The van der Waals surface area contributed by atoms with Crippen LogP contribution in [0.5, 0.6) is 0 Å². The third kappa shape index (κ3) is 1.26. The lowest BCUT2D eigenvalue weighted by Gasteiger charge is -2.37. The topological polar surface area (TPSA) is 26.0 Å². The molecule has 2 aliphatic rings. The minimum atomic E-state index is -0.0690. The maximum atomic E-state index is 13.9. The second-order valence-corrected chi connectivity index (χ2v) is 5.42. The zero-order chi connectivity index (χ0) is 11.2. The lowest BCUT2D eigenvalue weighted by atomic mass is 9.68. The van der Waals surface area contributed by atoms with Gasteiger partial charge in [-0.25, -0.2) is 4.39 Å². The fourth-order valence-corrected chi connectivity index (χ4v) is 4.00. The second kappa shape index (κ2) is 3.56. The summed E-state index contributed by atoms with van der Waals surface area (Å²) in [5.74, 6) is 1.33. The molecule has 2 fully saturated rings. The summed E-state index contributed by atoms with van der Waals surface area (Å²) < 4.78 is 13.9. The molecule has 3 unspecified atom stereocenters. The van der Waals surface area contributed by atoms with E-state index < -0.39 is 0 Å². The molecule has 0 spiro atoms. The van der Waals surface area contributed by atoms with Gasteiger partial charge in [-0.3, -0.25) is 0 Å². The van der Waals surface area contributed by atoms with Crippen molar-refractivity contribution in [1.29, 1.82) is 0 Å². The van der Waals surface area contributed by atoms with Crippen molar-refractivity contribution in [2.45, 2.75) is 31.1 Å². The summed E-state index contributed by atoms with van der Waals surface area (Å²) in [5, 5.41) is 0. The lowest BCUT2D eigenvalue weighted by molar-refractivity contribution is 0.267. The van der Waals surface area contributed by atoms with E-state index in [1.807, 2.05) is 12.1 Å². The highest BCUT2D eigenvalue weighted by Gasteiger charge is 2.51. The molecule has 0 radical (unpaired) electrons. The van der Waals surface area contributed by atoms with E-state index in [9.17, 15) is 4.39 Å². The summed E-state index contributed by atoms with van der Waals surface area (Å²) in [4.78, 5) is 0. The molecule has 1 nitrogen and oxygen atoms in total. The molecule has 16 heavy (non-hydrogen) atoms. The predicted octanol–water partition coefficient (Wildman–Crippen LogP) is 2.84. The monoisotopic (exact) mass is 219 g/mol. The SMILES string of the molecule is NCC1(c2ccccc2F)CC2CCC1C2. The molecule has 1 aromatic carbocycles. The molecule has 1 aromatic rings. The van der Waals surface area contributed by atoms with E-state index >= 15 is 0 Å². The number of fused-ring (bicyclic) bond motifs is 2. The number of hydrogen-bond acceptors (Lipinski definition) is 1. The molecule has 0 aromatic heterocycles. The first-order chi connectivity index (χ1) is 7.76. The highest BCUT2D eigenvalue weighted by Crippen LogP contribution is 2.56. The average Bonchev–Trinajstić information content (AvgIpc) is 2.90. The quantitative estimate of drug-likeness (QED) is 0.813. The molecule has 0 saturated heterocycles. The first-order valence-electron chi connectivity index (χ1n) is 6.21. The van der Waals surface area contributed by atoms with Crippen molar-refractivity contribution in [3.8, 4) is 0 Å². The fraction of sp³-hybridized carbons (Fsp3) is 0.571. The van der Waals surface area contributed by atoms with Crippen LogP contribution in [0.1, 0.15) is 31.2 Å². The van der Waals surface area contributed by atoms with Crippen molar-refractivity contribution in [2.75, 3.05) is 6.54 Å². The van der Waals surface area contributed by atoms with Crippen molar-refractivity contribution >= 4 is 0 Å². The van der Waals surface area contributed by atoms with Crippen molar-refractivity contribution < 1.29 is 4.39 Å². The van der Waals surface area contributed by atoms with Crippen LogP contribution in [0, 0.1) is 17.7 Å². The average molecular weight is 219 g/mol. The van der Waals surface area contributed by atoms with E-state index in [0.29, 0.717) is 12.5 Å². The van der Waals surface area contributed by atoms with Gasteiger partial charge in [0.1, 0.15) is 5.82 Å². The highest BCUT2D eigenvalue weighted by atomic mass is 19.1. The Morgan fingerprint density at radius 2 is 2.12 bits per heavy atom. The van der Waals surface area contributed by atoms with Crippen LogP contribution in [-0.2, 0) is 5.41 Å². The van der Waals surface area contributed by atoms with Crippen LogP contribution < -0.4 is 5.73 Å². The minimum absolute atomic E-state index is 0.0612. The van der Waals surface area contributed by atoms with Crippen molar-refractivity contribution in [1.82, 2.24) is 0 Å². The molecule has 2 saturated carbocycles. The molecular weight excluding hydrogens is 201 g/mol. The van der Waals surface area contributed by atoms with Crippen LogP contribution >= 0.6 is 0 Å². The molecule has 0 aliphatic heterocycles. The first kappa shape index (κ1) is 10.3. The summed E-state index contributed by atoms with van der Waals surface area (Å²) in [6.45, 7) is 0.592. The van der Waals surface area contributed by atoms with Gasteiger partial charge in [0, 0.05) is 12.0 Å². The molecule has 0 amide bonds. The van der Waals surface area contributed by atoms with E-state index in [4.69, 9.17) is 5.73 Å². The van der Waals surface area contributed by atoms with Gasteiger partial charge < -0.3 is 5.73 Å². The van der Waals surface area contributed by atoms with Gasteiger partial charge in [-0.15, -0.1) is 0 Å². The third-order valence-corrected chi connectivity index (χ3v) is 4.75. The molecule has 2 N–H and O–H groups in total. The van der Waals surface area contributed by atoms with Crippen LogP contribution in [-0.4, -0.2) is 6.54 Å². The highest BCUT2D eigenvalue weighted by molar-refractivity contribution is 5.31. The van der Waals surface area contributed by atoms with E-state index in [1.165, 1.54) is 19.3 Å². The Morgan fingerprint density at radius 3 is 2.69 bits per heavy atom. The Labute approximate surface area is 95.8 Å². The number of rotatable bonds is 2. The van der Waals surface area contributed by atoms with E-state index in [-0.39, 0.29) is 11.2 Å². The van der Waals surface area contributed by atoms with Crippen LogP contribution in [0.25, 0.3) is 0 Å². The number of nitrogens with two attached hydrogens (primary N) is 1. The van der Waals surface area contributed by atoms with Gasteiger partial charge in [-0.1, -0.05) is 24.6 Å². The van der Waals surface area contributed by atoms with Crippen molar-refractivity contribution in [2.24, 2.45) is 17.6 Å². The summed E-state index contributed by atoms with van der Waals surface area (Å²) in [6.07, 6.45) is 4.90. The summed E-state index contributed by atoms with van der Waals surface area (Å²) >= 11 is 0. The molecule has 2 bridgehead atoms. The number of hydrogen-bond donors (Lipinski definition) is 1. The van der Waals surface area contributed by atoms with Gasteiger partial charge in [-0.2, -0.15) is 0 Å². The largest absolute Gasteiger partial charge is 0.330 e. The standard InChI is InChI=1S/C14H18FN/c15-13-4-2-1-3-12(13)14(9-16)8-10-5-6-11(14)7-10/h1-4,10-11H,5-9,16H2. The molecular formula is C14H18FN. The van der Waals surface area contributed by atoms with Crippen molar-refractivity contribution in [3.63, 3.8) is 0 Å². The van der Waals surface area contributed by atoms with Crippen LogP contribution in [0.3, 0.4) is 0 Å². The van der Waals surface area contributed by atoms with Crippen LogP contribution in [0.2, 0.25) is 0 Å². The third-order valence-electron chi connectivity index (χ3n) is 4.75. The number of benzene rings is 1. The Kier molecular flexibility index (Phi) is 2.28. The zero-order valence-corrected chi connectivity index (χ0v) is 9.45. The summed E-state index contributed by atoms with van der Waals surface area (Å²) in [6, 6.07) is 7.19. The van der Waals surface area contributed by atoms with Gasteiger partial charge >= 0.3 is 0 Å². The maximum Gasteiger partial charge on any atom is 0.127 e. The van der Waals surface area contributed by atoms with Crippen LogP contribution in [0.4, 0.5) is 4.39 Å². The molecule has 2 aliphatic carbocycles. The normalized spacial score (nSPS) is 36.9. The first-order valence-corrected chi connectivity index (χ1v) is 6.21. The Morgan fingerprint density at radius 1 is 1.31 bits per heavy atom. The van der Waals surface area contributed by atoms with E-state index in [2.05, 4.69) is 0 Å². The van der Waals surface area contributed by atoms with Crippen LogP contribution in [0.15, 0.2) is 24.3 Å². The van der Waals surface area contributed by atoms with E-state index in [1.54, 1.807) is 12.1 Å². The summed E-state index contributed by atoms with van der Waals surface area (Å²) in [7, 11) is 0. The molecule has 2 heteroatoms. The van der Waals surface area contributed by atoms with Crippen molar-refractivity contribution in [3.05, 3.63) is 35.6 Å². The van der Waals surface area contributed by atoms with Gasteiger partial charge in [0.05, 0.1) is 0 Å². The van der Waals surface area contributed by atoms with Gasteiger partial charge in [0.25, 0.3) is 0 Å². The van der Waals surface area contributed by atoms with Gasteiger partial charge in [0.2, 0.25) is 0 Å². The minimum Gasteiger partial charge on any atom is -0.330 e. The van der Waals surface area contributed by atoms with Gasteiger partial charge in [-0.05, 0) is 42.7 Å². The summed E-state index contributed by atoms with van der Waals surface area (Å²) in [5.41, 5.74) is 6.79. The predicted molar refractivity (Wildman–Crippen MR) is 62.6 cm³/mol. The Hall–Kier alpha value is -0.890. The van der Waals surface area contributed by atoms with E-state index in [0.717, 1.165) is 17.9 Å². The Bertz CT molecular complexity index is 403. The second-order valence-electron chi connectivity index (χ2n) is 5.42. The number of halogens is 1. The molecule has 3 atom stereocenters. The molecule has 86 valence electrons. The fourth-order valence-electron chi connectivity index (χ4n) is 4.00. The molecule has 3 rings (SSSR count). The smallest absolute Gasteiger partial charge is 0.127 e. The van der Waals surface area contributed by atoms with Gasteiger partial charge in [0.15, 0.2) is 0 Å². The zero-order valence-electron chi connectivity index (χ0n) is 9.45. The lowest BCUT2D eigenvalue weighted by Crippen LogP contribution is -2.40. The maximum absolute atomic E-state index is 13.9.